The van der Waals surface area contributed by atoms with Gasteiger partial charge in [0, 0.05) is 10.9 Å². The Hall–Kier alpha value is 0.390. The second-order valence-electron chi connectivity index (χ2n) is 4.27. The Morgan fingerprint density at radius 1 is 1.07 bits per heavy atom. The second-order valence-corrected chi connectivity index (χ2v) is 7.44. The predicted octanol–water partition coefficient (Wildman–Crippen LogP) is 1.77. The van der Waals surface area contributed by atoms with Crippen LogP contribution in [0.1, 0.15) is 38.5 Å². The Kier molecular flexibility index (Phi) is 3.19. The zero-order valence-corrected chi connectivity index (χ0v) is 10.5. The van der Waals surface area contributed by atoms with Crippen LogP contribution in [0.3, 0.4) is 0 Å². The van der Waals surface area contributed by atoms with E-state index in [1.165, 1.54) is 6.42 Å². The number of hydrogen-bond donors (Lipinski definition) is 1. The van der Waals surface area contributed by atoms with Gasteiger partial charge in [0.15, 0.2) is 0 Å². The van der Waals surface area contributed by atoms with Crippen LogP contribution in [0.5, 0.6) is 0 Å². The fourth-order valence-electron chi connectivity index (χ4n) is 1.90. The van der Waals surface area contributed by atoms with E-state index in [-0.39, 0.29) is 11.3 Å². The summed E-state index contributed by atoms with van der Waals surface area (Å²) in [5.74, 6) is 0. The molecule has 2 unspecified atom stereocenters. The first-order chi connectivity index (χ1) is 6.59. The van der Waals surface area contributed by atoms with Crippen molar-refractivity contribution in [2.75, 3.05) is 0 Å². The van der Waals surface area contributed by atoms with Gasteiger partial charge in [0.2, 0.25) is 10.0 Å². The fraction of sp³-hybridized carbons (Fsp3) is 1.00. The standard InChI is InChI=1S/C9H16BrNO2S/c10-8-3-1-2-4-9(8)11-14(12,13)7-5-6-7/h7-9,11H,1-6H2. The van der Waals surface area contributed by atoms with Gasteiger partial charge in [-0.1, -0.05) is 28.8 Å². The van der Waals surface area contributed by atoms with Gasteiger partial charge in [-0.15, -0.1) is 0 Å². The molecule has 0 heterocycles. The highest BCUT2D eigenvalue weighted by Gasteiger charge is 2.38. The molecule has 2 atom stereocenters. The molecule has 2 aliphatic rings. The summed E-state index contributed by atoms with van der Waals surface area (Å²) in [5, 5.41) is -0.0934. The van der Waals surface area contributed by atoms with Gasteiger partial charge in [0.05, 0.1) is 5.25 Å². The molecule has 2 saturated carbocycles. The highest BCUT2D eigenvalue weighted by atomic mass is 79.9. The average molecular weight is 282 g/mol. The van der Waals surface area contributed by atoms with E-state index in [0.717, 1.165) is 32.1 Å². The minimum atomic E-state index is -3.00. The van der Waals surface area contributed by atoms with Crippen molar-refractivity contribution in [3.63, 3.8) is 0 Å². The molecule has 3 nitrogen and oxygen atoms in total. The number of sulfonamides is 1. The molecule has 1 N–H and O–H groups in total. The van der Waals surface area contributed by atoms with Crippen LogP contribution >= 0.6 is 15.9 Å². The summed E-state index contributed by atoms with van der Waals surface area (Å²) in [6.45, 7) is 0. The minimum Gasteiger partial charge on any atom is -0.212 e. The summed E-state index contributed by atoms with van der Waals surface area (Å²) >= 11 is 3.55. The zero-order valence-electron chi connectivity index (χ0n) is 8.08. The van der Waals surface area contributed by atoms with Crippen LogP contribution in [-0.4, -0.2) is 24.5 Å². The van der Waals surface area contributed by atoms with E-state index in [1.54, 1.807) is 0 Å². The highest BCUT2D eigenvalue weighted by Crippen LogP contribution is 2.30. The summed E-state index contributed by atoms with van der Waals surface area (Å²) in [7, 11) is -3.00. The minimum absolute atomic E-state index is 0.0934. The van der Waals surface area contributed by atoms with Gasteiger partial charge in [-0.25, -0.2) is 13.1 Å². The molecule has 0 aromatic rings. The van der Waals surface area contributed by atoms with Crippen molar-refractivity contribution in [3.05, 3.63) is 0 Å². The molecule has 0 aromatic carbocycles. The summed E-state index contributed by atoms with van der Waals surface area (Å²) in [4.78, 5) is 0.324. The van der Waals surface area contributed by atoms with E-state index in [4.69, 9.17) is 0 Å². The molecule has 0 radical (unpaired) electrons. The van der Waals surface area contributed by atoms with Crippen molar-refractivity contribution in [2.24, 2.45) is 0 Å². The molecule has 2 aliphatic carbocycles. The third-order valence-corrected chi connectivity index (χ3v) is 6.04. The van der Waals surface area contributed by atoms with E-state index < -0.39 is 10.0 Å². The molecule has 14 heavy (non-hydrogen) atoms. The van der Waals surface area contributed by atoms with Crippen LogP contribution in [-0.2, 0) is 10.0 Å². The SMILES string of the molecule is O=S(=O)(NC1CCCCC1Br)C1CC1. The lowest BCUT2D eigenvalue weighted by atomic mass is 9.96. The zero-order chi connectivity index (χ0) is 10.2. The van der Waals surface area contributed by atoms with Crippen LogP contribution in [0.4, 0.5) is 0 Å². The molecule has 2 fully saturated rings. The van der Waals surface area contributed by atoms with Gasteiger partial charge < -0.3 is 0 Å². The lowest BCUT2D eigenvalue weighted by molar-refractivity contribution is 0.427. The van der Waals surface area contributed by atoms with Crippen molar-refractivity contribution in [1.29, 1.82) is 0 Å². The van der Waals surface area contributed by atoms with E-state index >= 15 is 0 Å². The predicted molar refractivity (Wildman–Crippen MR) is 60.0 cm³/mol. The van der Waals surface area contributed by atoms with Gasteiger partial charge in [-0.2, -0.15) is 0 Å². The van der Waals surface area contributed by atoms with Gasteiger partial charge in [0.25, 0.3) is 0 Å². The molecule has 0 aromatic heterocycles. The molecule has 0 amide bonds. The number of halogens is 1. The molecular formula is C9H16BrNO2S. The summed E-state index contributed by atoms with van der Waals surface area (Å²) in [6, 6.07) is 0.120. The first kappa shape index (κ1) is 10.9. The van der Waals surface area contributed by atoms with Gasteiger partial charge >= 0.3 is 0 Å². The van der Waals surface area contributed by atoms with Crippen LogP contribution in [0, 0.1) is 0 Å². The maximum atomic E-state index is 11.7. The smallest absolute Gasteiger partial charge is 0.212 e. The van der Waals surface area contributed by atoms with E-state index in [2.05, 4.69) is 20.7 Å². The van der Waals surface area contributed by atoms with E-state index in [0.29, 0.717) is 4.83 Å². The molecular weight excluding hydrogens is 266 g/mol. The molecule has 5 heteroatoms. The number of rotatable bonds is 3. The Labute approximate surface area is 93.8 Å². The third kappa shape index (κ3) is 2.49. The lowest BCUT2D eigenvalue weighted by Gasteiger charge is -2.27. The maximum Gasteiger partial charge on any atom is 0.214 e. The van der Waals surface area contributed by atoms with Crippen molar-refractivity contribution >= 4 is 26.0 Å². The lowest BCUT2D eigenvalue weighted by Crippen LogP contribution is -2.43. The van der Waals surface area contributed by atoms with Crippen molar-refractivity contribution in [3.8, 4) is 0 Å². The van der Waals surface area contributed by atoms with Crippen LogP contribution in [0.2, 0.25) is 0 Å². The largest absolute Gasteiger partial charge is 0.214 e. The molecule has 0 spiro atoms. The van der Waals surface area contributed by atoms with Gasteiger partial charge in [-0.3, -0.25) is 0 Å². The molecule has 82 valence electrons. The molecule has 0 bridgehead atoms. The Balaban J connectivity index is 1.95. The molecule has 0 aliphatic heterocycles. The van der Waals surface area contributed by atoms with E-state index in [9.17, 15) is 8.42 Å². The first-order valence-corrected chi connectivity index (χ1v) is 7.71. The molecule has 0 saturated heterocycles. The van der Waals surface area contributed by atoms with Crippen molar-refractivity contribution in [2.45, 2.75) is 54.6 Å². The summed E-state index contributed by atoms with van der Waals surface area (Å²) in [5.41, 5.74) is 0. The normalized spacial score (nSPS) is 34.4. The van der Waals surface area contributed by atoms with E-state index in [1.807, 2.05) is 0 Å². The Morgan fingerprint density at radius 3 is 2.29 bits per heavy atom. The van der Waals surface area contributed by atoms with Crippen molar-refractivity contribution < 1.29 is 8.42 Å². The van der Waals surface area contributed by atoms with Crippen LogP contribution in [0.25, 0.3) is 0 Å². The second kappa shape index (κ2) is 4.10. The van der Waals surface area contributed by atoms with Crippen molar-refractivity contribution in [1.82, 2.24) is 4.72 Å². The highest BCUT2D eigenvalue weighted by molar-refractivity contribution is 9.09. The summed E-state index contributed by atoms with van der Waals surface area (Å²) < 4.78 is 26.2. The first-order valence-electron chi connectivity index (χ1n) is 5.25. The quantitative estimate of drug-likeness (QED) is 0.802. The number of hydrogen-bond acceptors (Lipinski definition) is 2. The Morgan fingerprint density at radius 2 is 1.71 bits per heavy atom. The van der Waals surface area contributed by atoms with Crippen LogP contribution in [0.15, 0.2) is 0 Å². The average Bonchev–Trinajstić information content (AvgIpc) is 2.91. The van der Waals surface area contributed by atoms with Gasteiger partial charge in [0.1, 0.15) is 0 Å². The maximum absolute atomic E-state index is 11.7. The Bertz CT molecular complexity index is 300. The molecule has 2 rings (SSSR count). The van der Waals surface area contributed by atoms with Gasteiger partial charge in [-0.05, 0) is 25.7 Å². The topological polar surface area (TPSA) is 46.2 Å². The third-order valence-electron chi connectivity index (χ3n) is 2.96. The monoisotopic (exact) mass is 281 g/mol. The number of alkyl halides is 1. The fourth-order valence-corrected chi connectivity index (χ4v) is 4.45. The number of nitrogens with one attached hydrogen (secondary N) is 1. The van der Waals surface area contributed by atoms with Crippen LogP contribution < -0.4 is 4.72 Å². The summed E-state index contributed by atoms with van der Waals surface area (Å²) in [6.07, 6.45) is 6.08.